The van der Waals surface area contributed by atoms with Crippen LogP contribution in [0, 0.1) is 17.6 Å². The number of ether oxygens (including phenoxy) is 1. The Bertz CT molecular complexity index is 1440. The summed E-state index contributed by atoms with van der Waals surface area (Å²) in [5.41, 5.74) is -0.393. The number of rotatable bonds is 4. The minimum absolute atomic E-state index is 0.0253. The van der Waals surface area contributed by atoms with Gasteiger partial charge in [-0.25, -0.2) is 8.78 Å². The van der Waals surface area contributed by atoms with Gasteiger partial charge >= 0.3 is 0 Å². The third kappa shape index (κ3) is 5.70. The third-order valence-electron chi connectivity index (χ3n) is 7.55. The van der Waals surface area contributed by atoms with E-state index in [1.807, 2.05) is 18.2 Å². The van der Waals surface area contributed by atoms with Crippen LogP contribution >= 0.6 is 0 Å². The first kappa shape index (κ1) is 26.6. The van der Waals surface area contributed by atoms with Gasteiger partial charge in [0.2, 0.25) is 5.43 Å². The van der Waals surface area contributed by atoms with Crippen molar-refractivity contribution in [3.63, 3.8) is 0 Å². The molecule has 1 aliphatic carbocycles. The maximum atomic E-state index is 13.9. The van der Waals surface area contributed by atoms with Crippen molar-refractivity contribution in [2.24, 2.45) is 5.92 Å². The van der Waals surface area contributed by atoms with E-state index in [2.05, 4.69) is 22.8 Å². The highest BCUT2D eigenvalue weighted by atomic mass is 19.1. The zero-order valence-corrected chi connectivity index (χ0v) is 21.2. The number of pyridine rings is 1. The summed E-state index contributed by atoms with van der Waals surface area (Å²) < 4.78 is 34.4. The Morgan fingerprint density at radius 1 is 1.13 bits per heavy atom. The average molecular weight is 538 g/mol. The van der Waals surface area contributed by atoms with Crippen LogP contribution in [0.4, 0.5) is 8.78 Å². The molecule has 0 unspecified atom stereocenters. The van der Waals surface area contributed by atoms with Crippen LogP contribution in [0.5, 0.6) is 5.75 Å². The number of carbonyl (C=O) groups excluding carboxylic acids is 2. The Kier molecular flexibility index (Phi) is 7.74. The molecule has 1 aromatic heterocycles. The number of fused-ring (bicyclic) bond motifs is 2. The van der Waals surface area contributed by atoms with Gasteiger partial charge in [-0.05, 0) is 36.8 Å². The molecule has 1 fully saturated rings. The van der Waals surface area contributed by atoms with Crippen LogP contribution in [0.3, 0.4) is 0 Å². The highest BCUT2D eigenvalue weighted by molar-refractivity contribution is 5.98. The standard InChI is InChI=1S/C29H29F2N3O5/c30-21-8-6-19(23(31)13-21)14-32-28(37)22-15-34-10-11-39-16-20-12-18(17-4-2-1-3-5-17)7-9-24(20)33-29(38)25(34)27(36)26(22)35/h1-6,8,13,15,18,20,24,36H,7,9-12,14,16H2,(H,32,37)(H,33,38)/t18-,20-,24-/m0/s1. The molecule has 3 aromatic rings. The molecule has 1 saturated carbocycles. The molecule has 8 nitrogen and oxygen atoms in total. The van der Waals surface area contributed by atoms with E-state index in [9.17, 15) is 28.3 Å². The lowest BCUT2D eigenvalue weighted by atomic mass is 9.75. The van der Waals surface area contributed by atoms with E-state index in [4.69, 9.17) is 4.74 Å². The monoisotopic (exact) mass is 537 g/mol. The minimum atomic E-state index is -1.02. The molecule has 5 rings (SSSR count). The van der Waals surface area contributed by atoms with Gasteiger partial charge in [-0.1, -0.05) is 36.4 Å². The topological polar surface area (TPSA) is 110 Å². The second-order valence-corrected chi connectivity index (χ2v) is 10.0. The predicted octanol–water partition coefficient (Wildman–Crippen LogP) is 3.47. The van der Waals surface area contributed by atoms with E-state index in [1.165, 1.54) is 22.4 Å². The summed E-state index contributed by atoms with van der Waals surface area (Å²) in [6, 6.07) is 13.0. The highest BCUT2D eigenvalue weighted by Gasteiger charge is 2.34. The number of benzene rings is 2. The second-order valence-electron chi connectivity index (χ2n) is 10.0. The van der Waals surface area contributed by atoms with Gasteiger partial charge < -0.3 is 25.0 Å². The van der Waals surface area contributed by atoms with Gasteiger partial charge in [-0.15, -0.1) is 0 Å². The molecule has 1 aliphatic heterocycles. The molecular weight excluding hydrogens is 508 g/mol. The lowest BCUT2D eigenvalue weighted by molar-refractivity contribution is 0.0520. The molecule has 2 aliphatic rings. The summed E-state index contributed by atoms with van der Waals surface area (Å²) in [6.07, 6.45) is 3.62. The molecule has 39 heavy (non-hydrogen) atoms. The SMILES string of the molecule is O=C(NCc1ccc(F)cc1F)c1cn2c(c(O)c1=O)C(=O)N[C@H]1CC[C@H](c3ccccc3)C[C@H]1COCC2. The zero-order chi connectivity index (χ0) is 27.5. The number of aromatic hydroxyl groups is 1. The summed E-state index contributed by atoms with van der Waals surface area (Å²) >= 11 is 0. The lowest BCUT2D eigenvalue weighted by Crippen LogP contribution is -2.47. The van der Waals surface area contributed by atoms with Crippen LogP contribution in [0.2, 0.25) is 0 Å². The molecule has 0 saturated heterocycles. The molecule has 204 valence electrons. The summed E-state index contributed by atoms with van der Waals surface area (Å²) in [6.45, 7) is 0.447. The van der Waals surface area contributed by atoms with Crippen LogP contribution in [0.1, 0.15) is 57.2 Å². The number of carbonyl (C=O) groups is 2. The van der Waals surface area contributed by atoms with Gasteiger partial charge in [0.1, 0.15) is 17.2 Å². The number of hydrogen-bond donors (Lipinski definition) is 3. The molecule has 0 bridgehead atoms. The number of halogens is 2. The molecule has 3 N–H and O–H groups in total. The van der Waals surface area contributed by atoms with Crippen molar-refractivity contribution in [3.8, 4) is 5.75 Å². The Labute approximate surface area is 223 Å². The van der Waals surface area contributed by atoms with Gasteiger partial charge in [-0.3, -0.25) is 14.4 Å². The molecule has 0 radical (unpaired) electrons. The fourth-order valence-electron chi connectivity index (χ4n) is 5.46. The quantitative estimate of drug-likeness (QED) is 0.472. The van der Waals surface area contributed by atoms with E-state index in [-0.39, 0.29) is 42.9 Å². The molecule has 2 aromatic carbocycles. The number of nitrogens with one attached hydrogen (secondary N) is 2. The number of nitrogens with zero attached hydrogens (tertiary/aromatic N) is 1. The normalized spacial score (nSPS) is 21.3. The van der Waals surface area contributed by atoms with Crippen molar-refractivity contribution >= 4 is 11.8 Å². The van der Waals surface area contributed by atoms with Crippen molar-refractivity contribution in [2.45, 2.75) is 44.3 Å². The van der Waals surface area contributed by atoms with E-state index < -0.39 is 40.2 Å². The van der Waals surface area contributed by atoms with Gasteiger partial charge in [-0.2, -0.15) is 0 Å². The van der Waals surface area contributed by atoms with Crippen LogP contribution in [0.25, 0.3) is 0 Å². The molecule has 10 heteroatoms. The lowest BCUT2D eigenvalue weighted by Gasteiger charge is -2.37. The van der Waals surface area contributed by atoms with Gasteiger partial charge in [0, 0.05) is 42.9 Å². The fourth-order valence-corrected chi connectivity index (χ4v) is 5.46. The highest BCUT2D eigenvalue weighted by Crippen LogP contribution is 2.37. The first-order valence-electron chi connectivity index (χ1n) is 12.9. The third-order valence-corrected chi connectivity index (χ3v) is 7.55. The van der Waals surface area contributed by atoms with Gasteiger partial charge in [0.25, 0.3) is 11.8 Å². The molecule has 2 heterocycles. The van der Waals surface area contributed by atoms with Crippen molar-refractivity contribution in [1.82, 2.24) is 15.2 Å². The predicted molar refractivity (Wildman–Crippen MR) is 138 cm³/mol. The first-order valence-corrected chi connectivity index (χ1v) is 12.9. The number of aromatic nitrogens is 1. The molecule has 3 atom stereocenters. The van der Waals surface area contributed by atoms with Gasteiger partial charge in [0.05, 0.1) is 13.2 Å². The van der Waals surface area contributed by atoms with Crippen molar-refractivity contribution in [1.29, 1.82) is 0 Å². The van der Waals surface area contributed by atoms with Crippen molar-refractivity contribution in [2.75, 3.05) is 13.2 Å². The van der Waals surface area contributed by atoms with E-state index in [0.29, 0.717) is 25.0 Å². The van der Waals surface area contributed by atoms with Crippen LogP contribution in [-0.2, 0) is 17.8 Å². The van der Waals surface area contributed by atoms with E-state index in [1.54, 1.807) is 0 Å². The Balaban J connectivity index is 1.35. The largest absolute Gasteiger partial charge is 0.503 e. The summed E-state index contributed by atoms with van der Waals surface area (Å²) in [5, 5.41) is 16.1. The molecule has 0 spiro atoms. The number of amides is 2. The van der Waals surface area contributed by atoms with Crippen molar-refractivity contribution in [3.05, 3.63) is 99.0 Å². The molecule has 2 amide bonds. The smallest absolute Gasteiger partial charge is 0.272 e. The summed E-state index contributed by atoms with van der Waals surface area (Å²) in [4.78, 5) is 39.0. The maximum absolute atomic E-state index is 13.9. The molecular formula is C29H29F2N3O5. The Morgan fingerprint density at radius 3 is 2.69 bits per heavy atom. The minimum Gasteiger partial charge on any atom is -0.503 e. The Hall–Kier alpha value is -4.05. The van der Waals surface area contributed by atoms with Crippen LogP contribution in [0.15, 0.2) is 59.5 Å². The van der Waals surface area contributed by atoms with Crippen LogP contribution < -0.4 is 16.1 Å². The second kappa shape index (κ2) is 11.4. The zero-order valence-electron chi connectivity index (χ0n) is 21.2. The van der Waals surface area contributed by atoms with E-state index >= 15 is 0 Å². The Morgan fingerprint density at radius 2 is 1.92 bits per heavy atom. The number of hydrogen-bond acceptors (Lipinski definition) is 5. The average Bonchev–Trinajstić information content (AvgIpc) is 2.93. The van der Waals surface area contributed by atoms with Crippen LogP contribution in [-0.4, -0.2) is 40.7 Å². The summed E-state index contributed by atoms with van der Waals surface area (Å²) in [7, 11) is 0. The van der Waals surface area contributed by atoms with E-state index in [0.717, 1.165) is 18.9 Å². The summed E-state index contributed by atoms with van der Waals surface area (Å²) in [5.74, 6) is -3.50. The first-order chi connectivity index (χ1) is 18.8. The van der Waals surface area contributed by atoms with Gasteiger partial charge in [0.15, 0.2) is 11.4 Å². The maximum Gasteiger partial charge on any atom is 0.272 e. The van der Waals surface area contributed by atoms with Crippen molar-refractivity contribution < 1.29 is 28.2 Å². The fraction of sp³-hybridized carbons (Fsp3) is 0.345.